The molecule has 1 aromatic carbocycles. The third-order valence-corrected chi connectivity index (χ3v) is 8.31. The molecule has 0 bridgehead atoms. The standard InChI is InChI=1S/C36H50N6O4S/c1-33(2,3)27(41-31(43)45-35(7,8)9)29-37-19-23(39-29)21-13-15-22(16-14-21)25-17-18-26(47-25)24-20-38-30(40-24)28(34(4,5)6)42-32(44)46-36(10,11)12/h13-20,27-28H,1-12H3,(H,37,39)(H,38,40)(H,41,43)(H,42,44)/t27?,28-/m1/s1. The molecule has 0 aliphatic heterocycles. The van der Waals surface area contributed by atoms with Gasteiger partial charge in [0.15, 0.2) is 0 Å². The number of benzene rings is 1. The maximum Gasteiger partial charge on any atom is 0.408 e. The van der Waals surface area contributed by atoms with E-state index in [9.17, 15) is 9.59 Å². The zero-order valence-corrected chi connectivity index (χ0v) is 30.5. The summed E-state index contributed by atoms with van der Waals surface area (Å²) in [6.07, 6.45) is 2.64. The highest BCUT2D eigenvalue weighted by Crippen LogP contribution is 2.38. The molecule has 0 saturated carbocycles. The summed E-state index contributed by atoms with van der Waals surface area (Å²) in [4.78, 5) is 43.4. The lowest BCUT2D eigenvalue weighted by Crippen LogP contribution is -2.40. The number of alkyl carbamates (subject to hydrolysis) is 2. The van der Waals surface area contributed by atoms with E-state index in [1.54, 1.807) is 17.5 Å². The van der Waals surface area contributed by atoms with Gasteiger partial charge in [0.05, 0.1) is 40.7 Å². The third kappa shape index (κ3) is 9.70. The Morgan fingerprint density at radius 3 is 1.47 bits per heavy atom. The van der Waals surface area contributed by atoms with Crippen molar-refractivity contribution in [2.75, 3.05) is 0 Å². The SMILES string of the molecule is CC(C)(C)OC(=O)NC(c1ncc(-c2ccc(-c3ccc(-c4cnc([C@@H](NC(=O)OC(C)(C)C)C(C)(C)C)[nH]4)s3)cc2)[nH]1)C(C)(C)C. The highest BCUT2D eigenvalue weighted by molar-refractivity contribution is 7.18. The summed E-state index contributed by atoms with van der Waals surface area (Å²) in [5.74, 6) is 1.34. The smallest absolute Gasteiger partial charge is 0.408 e. The number of amides is 2. The third-order valence-electron chi connectivity index (χ3n) is 7.14. The van der Waals surface area contributed by atoms with Crippen LogP contribution >= 0.6 is 11.3 Å². The quantitative estimate of drug-likeness (QED) is 0.156. The zero-order chi connectivity index (χ0) is 34.9. The van der Waals surface area contributed by atoms with E-state index >= 15 is 0 Å². The van der Waals surface area contributed by atoms with Crippen LogP contribution in [-0.2, 0) is 9.47 Å². The number of hydrogen-bond donors (Lipinski definition) is 4. The fraction of sp³-hybridized carbons (Fsp3) is 0.500. The molecule has 11 heteroatoms. The van der Waals surface area contributed by atoms with E-state index < -0.39 is 23.4 Å². The summed E-state index contributed by atoms with van der Waals surface area (Å²) in [6, 6.07) is 11.7. The monoisotopic (exact) mass is 662 g/mol. The van der Waals surface area contributed by atoms with Crippen LogP contribution < -0.4 is 10.6 Å². The number of hydrogen-bond acceptors (Lipinski definition) is 7. The van der Waals surface area contributed by atoms with Gasteiger partial charge in [-0.25, -0.2) is 19.6 Å². The van der Waals surface area contributed by atoms with Crippen LogP contribution in [0.15, 0.2) is 48.8 Å². The van der Waals surface area contributed by atoms with E-state index in [4.69, 9.17) is 9.47 Å². The Hall–Kier alpha value is -4.12. The minimum atomic E-state index is -0.594. The van der Waals surface area contributed by atoms with Gasteiger partial charge in [-0.3, -0.25) is 0 Å². The first-order valence-electron chi connectivity index (χ1n) is 15.9. The second kappa shape index (κ2) is 13.2. The largest absolute Gasteiger partial charge is 0.444 e. The first kappa shape index (κ1) is 35.7. The van der Waals surface area contributed by atoms with Crippen molar-refractivity contribution in [3.63, 3.8) is 0 Å². The Balaban J connectivity index is 1.49. The van der Waals surface area contributed by atoms with Gasteiger partial charge in [0.1, 0.15) is 22.9 Å². The molecule has 0 fully saturated rings. The van der Waals surface area contributed by atoms with Gasteiger partial charge in [0.2, 0.25) is 0 Å². The number of thiophene rings is 1. The summed E-state index contributed by atoms with van der Waals surface area (Å²) >= 11 is 1.66. The summed E-state index contributed by atoms with van der Waals surface area (Å²) < 4.78 is 11.0. The van der Waals surface area contributed by atoms with E-state index in [2.05, 4.69) is 109 Å². The number of rotatable bonds is 7. The van der Waals surface area contributed by atoms with E-state index in [-0.39, 0.29) is 22.9 Å². The molecule has 2 atom stereocenters. The molecule has 0 spiro atoms. The molecule has 0 aliphatic rings. The van der Waals surface area contributed by atoms with Crippen LogP contribution in [-0.4, -0.2) is 43.3 Å². The molecular weight excluding hydrogens is 613 g/mol. The second-order valence-electron chi connectivity index (χ2n) is 16.0. The number of carbonyl (C=O) groups is 2. The van der Waals surface area contributed by atoms with Crippen LogP contribution in [0.4, 0.5) is 9.59 Å². The lowest BCUT2D eigenvalue weighted by Gasteiger charge is -2.31. The number of H-pyrrole nitrogens is 2. The molecule has 3 heterocycles. The number of imidazole rings is 2. The first-order valence-corrected chi connectivity index (χ1v) is 16.7. The molecular formula is C36H50N6O4S. The summed E-state index contributed by atoms with van der Waals surface area (Å²) in [7, 11) is 0. The van der Waals surface area contributed by atoms with Crippen LogP contribution in [0.5, 0.6) is 0 Å². The van der Waals surface area contributed by atoms with E-state index in [0.29, 0.717) is 11.6 Å². The highest BCUT2D eigenvalue weighted by atomic mass is 32.1. The Bertz CT molecular complexity index is 1670. The van der Waals surface area contributed by atoms with Gasteiger partial charge in [0, 0.05) is 4.88 Å². The normalized spacial score (nSPS) is 14.0. The topological polar surface area (TPSA) is 134 Å². The minimum absolute atomic E-state index is 0.300. The fourth-order valence-corrected chi connectivity index (χ4v) is 5.91. The van der Waals surface area contributed by atoms with Crippen molar-refractivity contribution < 1.29 is 19.1 Å². The minimum Gasteiger partial charge on any atom is -0.444 e. The first-order chi connectivity index (χ1) is 21.6. The molecule has 10 nitrogen and oxygen atoms in total. The van der Waals surface area contributed by atoms with Crippen LogP contribution in [0, 0.1) is 10.8 Å². The second-order valence-corrected chi connectivity index (χ2v) is 17.1. The molecule has 4 rings (SSSR count). The average molecular weight is 663 g/mol. The summed E-state index contributed by atoms with van der Waals surface area (Å²) in [5, 5.41) is 5.98. The van der Waals surface area contributed by atoms with Gasteiger partial charge < -0.3 is 30.1 Å². The maximum atomic E-state index is 12.6. The Labute approximate surface area is 282 Å². The molecule has 4 aromatic rings. The van der Waals surface area contributed by atoms with Gasteiger partial charge in [-0.15, -0.1) is 11.3 Å². The molecule has 2 amide bonds. The molecule has 0 aliphatic carbocycles. The molecule has 47 heavy (non-hydrogen) atoms. The van der Waals surface area contributed by atoms with Gasteiger partial charge in [-0.05, 0) is 75.6 Å². The van der Waals surface area contributed by atoms with E-state index in [0.717, 1.165) is 32.3 Å². The Morgan fingerprint density at radius 2 is 1.02 bits per heavy atom. The fourth-order valence-electron chi connectivity index (χ4n) is 4.93. The van der Waals surface area contributed by atoms with Crippen molar-refractivity contribution in [3.05, 3.63) is 60.4 Å². The maximum absolute atomic E-state index is 12.6. The molecule has 4 N–H and O–H groups in total. The molecule has 3 aromatic heterocycles. The predicted octanol–water partition coefficient (Wildman–Crippen LogP) is 9.42. The van der Waals surface area contributed by atoms with Crippen LogP contribution in [0.2, 0.25) is 0 Å². The van der Waals surface area contributed by atoms with Crippen LogP contribution in [0.25, 0.3) is 32.3 Å². The highest BCUT2D eigenvalue weighted by Gasteiger charge is 2.33. The lowest BCUT2D eigenvalue weighted by molar-refractivity contribution is 0.0448. The number of carbonyl (C=O) groups excluding carboxylic acids is 2. The van der Waals surface area contributed by atoms with Crippen molar-refractivity contribution in [2.45, 2.75) is 106 Å². The van der Waals surface area contributed by atoms with Gasteiger partial charge >= 0.3 is 12.2 Å². The van der Waals surface area contributed by atoms with E-state index in [1.807, 2.05) is 47.7 Å². The van der Waals surface area contributed by atoms with E-state index in [1.165, 1.54) is 0 Å². The van der Waals surface area contributed by atoms with Gasteiger partial charge in [-0.2, -0.15) is 0 Å². The van der Waals surface area contributed by atoms with Gasteiger partial charge in [0.25, 0.3) is 0 Å². The molecule has 1 unspecified atom stereocenters. The molecule has 0 saturated heterocycles. The van der Waals surface area contributed by atoms with Crippen LogP contribution in [0.1, 0.15) is 107 Å². The number of nitrogens with one attached hydrogen (secondary N) is 4. The summed E-state index contributed by atoms with van der Waals surface area (Å²) in [5.41, 5.74) is 2.02. The van der Waals surface area contributed by atoms with Crippen molar-refractivity contribution in [2.24, 2.45) is 10.8 Å². The Morgan fingerprint density at radius 1 is 0.617 bits per heavy atom. The number of aromatic amines is 2. The van der Waals surface area contributed by atoms with Crippen LogP contribution in [0.3, 0.4) is 0 Å². The van der Waals surface area contributed by atoms with Gasteiger partial charge in [-0.1, -0.05) is 65.8 Å². The number of nitrogens with zero attached hydrogens (tertiary/aromatic N) is 2. The molecule has 254 valence electrons. The lowest BCUT2D eigenvalue weighted by atomic mass is 9.86. The molecule has 0 radical (unpaired) electrons. The average Bonchev–Trinajstić information content (AvgIpc) is 3.68. The van der Waals surface area contributed by atoms with Crippen molar-refractivity contribution >= 4 is 23.5 Å². The van der Waals surface area contributed by atoms with Crippen molar-refractivity contribution in [1.82, 2.24) is 30.6 Å². The summed E-state index contributed by atoms with van der Waals surface area (Å²) in [6.45, 7) is 23.4. The zero-order valence-electron chi connectivity index (χ0n) is 29.7. The Kier molecular flexibility index (Phi) is 10.0. The number of ether oxygens (including phenoxy) is 2. The van der Waals surface area contributed by atoms with Crippen molar-refractivity contribution in [1.29, 1.82) is 0 Å². The number of aromatic nitrogens is 4. The predicted molar refractivity (Wildman–Crippen MR) is 188 cm³/mol. The van der Waals surface area contributed by atoms with Crippen molar-refractivity contribution in [3.8, 4) is 32.3 Å².